The van der Waals surface area contributed by atoms with Gasteiger partial charge in [-0.1, -0.05) is 0 Å². The van der Waals surface area contributed by atoms with Gasteiger partial charge in [-0.2, -0.15) is 0 Å². The molecule has 0 aliphatic heterocycles. The summed E-state index contributed by atoms with van der Waals surface area (Å²) in [4.78, 5) is 11.7. The van der Waals surface area contributed by atoms with Crippen molar-refractivity contribution in [1.82, 2.24) is 15.0 Å². The van der Waals surface area contributed by atoms with Crippen LogP contribution in [0.2, 0.25) is 0 Å². The van der Waals surface area contributed by atoms with E-state index in [9.17, 15) is 0 Å². The molecule has 0 aliphatic carbocycles. The molecule has 4 N–H and O–H groups in total. The molecule has 2 heterocycles. The lowest BCUT2D eigenvalue weighted by Gasteiger charge is -2.11. The van der Waals surface area contributed by atoms with Crippen molar-refractivity contribution in [2.45, 2.75) is 19.8 Å². The minimum absolute atomic E-state index is 0.763. The Morgan fingerprint density at radius 2 is 2.14 bits per heavy atom. The topological polar surface area (TPSA) is 79.6 Å². The molecule has 2 aromatic heterocycles. The number of nitrogen functional groups attached to an aromatic ring is 1. The Kier molecular flexibility index (Phi) is 3.73. The maximum Gasteiger partial charge on any atom is 0.106 e. The van der Waals surface area contributed by atoms with E-state index in [-0.39, 0.29) is 0 Å². The molecule has 5 nitrogen and oxygen atoms in total. The van der Waals surface area contributed by atoms with Gasteiger partial charge in [0.05, 0.1) is 0 Å². The molecule has 0 radical (unpaired) electrons. The molecule has 0 unspecified atom stereocenters. The number of imidazole rings is 1. The Bertz CT molecular complexity index is 734. The highest BCUT2D eigenvalue weighted by Crippen LogP contribution is 2.28. The average molecular weight is 281 g/mol. The molecule has 0 amide bonds. The molecule has 3 rings (SSSR count). The molecule has 0 bridgehead atoms. The van der Waals surface area contributed by atoms with E-state index in [0.717, 1.165) is 53.1 Å². The second-order valence-corrected chi connectivity index (χ2v) is 5.14. The van der Waals surface area contributed by atoms with E-state index < -0.39 is 0 Å². The summed E-state index contributed by atoms with van der Waals surface area (Å²) in [5.74, 6) is 1.03. The van der Waals surface area contributed by atoms with Gasteiger partial charge in [0.25, 0.3) is 0 Å². The summed E-state index contributed by atoms with van der Waals surface area (Å²) >= 11 is 0. The average Bonchev–Trinajstić information content (AvgIpc) is 2.99. The molecular weight excluding hydrogens is 262 g/mol. The number of aryl methyl sites for hydroxylation is 2. The van der Waals surface area contributed by atoms with Gasteiger partial charge in [-0.3, -0.25) is 4.98 Å². The first-order valence-electron chi connectivity index (χ1n) is 7.11. The van der Waals surface area contributed by atoms with Crippen molar-refractivity contribution in [2.24, 2.45) is 0 Å². The molecule has 0 fully saturated rings. The Morgan fingerprint density at radius 3 is 2.95 bits per heavy atom. The number of nitrogens with zero attached hydrogens (tertiary/aromatic N) is 2. The molecular formula is C16H19N5. The quantitative estimate of drug-likeness (QED) is 0.496. The van der Waals surface area contributed by atoms with Crippen LogP contribution in [0.15, 0.2) is 36.8 Å². The largest absolute Gasteiger partial charge is 0.398 e. The first-order valence-corrected chi connectivity index (χ1v) is 7.11. The summed E-state index contributed by atoms with van der Waals surface area (Å²) in [5.41, 5.74) is 8.87. The lowest BCUT2D eigenvalue weighted by molar-refractivity contribution is 0.817. The number of nitrogens with one attached hydrogen (secondary N) is 2. The van der Waals surface area contributed by atoms with Crippen molar-refractivity contribution in [3.05, 3.63) is 48.3 Å². The summed E-state index contributed by atoms with van der Waals surface area (Å²) < 4.78 is 0. The maximum absolute atomic E-state index is 6.01. The third-order valence-corrected chi connectivity index (χ3v) is 3.53. The van der Waals surface area contributed by atoms with E-state index in [0.29, 0.717) is 0 Å². The zero-order valence-corrected chi connectivity index (χ0v) is 12.1. The van der Waals surface area contributed by atoms with Crippen LogP contribution in [0.1, 0.15) is 17.9 Å². The van der Waals surface area contributed by atoms with Gasteiger partial charge >= 0.3 is 0 Å². The predicted octanol–water partition coefficient (Wildman–Crippen LogP) is 2.89. The van der Waals surface area contributed by atoms with Crippen LogP contribution in [0.4, 0.5) is 11.4 Å². The van der Waals surface area contributed by atoms with Crippen molar-refractivity contribution >= 4 is 22.1 Å². The Hall–Kier alpha value is -2.56. The highest BCUT2D eigenvalue weighted by Gasteiger charge is 2.05. The third kappa shape index (κ3) is 2.97. The number of rotatable bonds is 5. The second-order valence-electron chi connectivity index (χ2n) is 5.14. The molecule has 108 valence electrons. The zero-order chi connectivity index (χ0) is 14.7. The van der Waals surface area contributed by atoms with Gasteiger partial charge in [0, 0.05) is 59.4 Å². The SMILES string of the molecule is Cc1cc2c(NCCCc3ncc[nH]3)ccc(N)c2cn1. The van der Waals surface area contributed by atoms with Crippen LogP contribution in [0, 0.1) is 6.92 Å². The van der Waals surface area contributed by atoms with Crippen molar-refractivity contribution in [3.63, 3.8) is 0 Å². The summed E-state index contributed by atoms with van der Waals surface area (Å²) in [5, 5.41) is 5.60. The van der Waals surface area contributed by atoms with Crippen LogP contribution in [0.25, 0.3) is 10.8 Å². The highest BCUT2D eigenvalue weighted by atomic mass is 14.9. The van der Waals surface area contributed by atoms with E-state index >= 15 is 0 Å². The van der Waals surface area contributed by atoms with Crippen molar-refractivity contribution in [2.75, 3.05) is 17.6 Å². The Morgan fingerprint density at radius 1 is 1.24 bits per heavy atom. The molecule has 5 heteroatoms. The second kappa shape index (κ2) is 5.83. The fourth-order valence-electron chi connectivity index (χ4n) is 2.43. The number of nitrogens with two attached hydrogens (primary N) is 1. The molecule has 0 saturated heterocycles. The van der Waals surface area contributed by atoms with Gasteiger partial charge in [0.2, 0.25) is 0 Å². The van der Waals surface area contributed by atoms with E-state index in [1.807, 2.05) is 31.5 Å². The first kappa shape index (κ1) is 13.4. The van der Waals surface area contributed by atoms with Gasteiger partial charge < -0.3 is 16.0 Å². The van der Waals surface area contributed by atoms with Gasteiger partial charge in [-0.15, -0.1) is 0 Å². The standard InChI is InChI=1S/C16H19N5/c1-11-9-12-13(10-21-11)14(17)4-5-15(12)18-6-2-3-16-19-7-8-20-16/h4-5,7-10,18H,2-3,6,17H2,1H3,(H,19,20). The van der Waals surface area contributed by atoms with E-state index in [1.165, 1.54) is 0 Å². The molecule has 0 atom stereocenters. The normalized spacial score (nSPS) is 10.9. The smallest absolute Gasteiger partial charge is 0.106 e. The Labute approximate surface area is 123 Å². The number of anilines is 2. The first-order chi connectivity index (χ1) is 10.2. The number of aromatic amines is 1. The summed E-state index contributed by atoms with van der Waals surface area (Å²) in [7, 11) is 0. The van der Waals surface area contributed by atoms with Crippen LogP contribution >= 0.6 is 0 Å². The minimum Gasteiger partial charge on any atom is -0.398 e. The number of benzene rings is 1. The molecule has 0 aliphatic rings. The van der Waals surface area contributed by atoms with Crippen LogP contribution < -0.4 is 11.1 Å². The number of hydrogen-bond acceptors (Lipinski definition) is 4. The number of fused-ring (bicyclic) bond motifs is 1. The summed E-state index contributed by atoms with van der Waals surface area (Å²) in [6.45, 7) is 2.88. The fourth-order valence-corrected chi connectivity index (χ4v) is 2.43. The van der Waals surface area contributed by atoms with E-state index in [2.05, 4.69) is 26.3 Å². The third-order valence-electron chi connectivity index (χ3n) is 3.53. The number of hydrogen-bond donors (Lipinski definition) is 3. The van der Waals surface area contributed by atoms with Gasteiger partial charge in [-0.25, -0.2) is 4.98 Å². The molecule has 3 aromatic rings. The van der Waals surface area contributed by atoms with Crippen molar-refractivity contribution < 1.29 is 0 Å². The van der Waals surface area contributed by atoms with Gasteiger partial charge in [0.15, 0.2) is 0 Å². The maximum atomic E-state index is 6.01. The van der Waals surface area contributed by atoms with Crippen LogP contribution in [-0.2, 0) is 6.42 Å². The minimum atomic E-state index is 0.763. The predicted molar refractivity (Wildman–Crippen MR) is 86.3 cm³/mol. The molecule has 0 spiro atoms. The van der Waals surface area contributed by atoms with Crippen LogP contribution in [0.5, 0.6) is 0 Å². The zero-order valence-electron chi connectivity index (χ0n) is 12.1. The highest BCUT2D eigenvalue weighted by molar-refractivity contribution is 6.00. The summed E-state index contributed by atoms with van der Waals surface area (Å²) in [6.07, 6.45) is 7.43. The van der Waals surface area contributed by atoms with Gasteiger partial charge in [-0.05, 0) is 31.5 Å². The van der Waals surface area contributed by atoms with Crippen LogP contribution in [-0.4, -0.2) is 21.5 Å². The van der Waals surface area contributed by atoms with E-state index in [1.54, 1.807) is 6.20 Å². The Balaban J connectivity index is 1.71. The van der Waals surface area contributed by atoms with Crippen molar-refractivity contribution in [1.29, 1.82) is 0 Å². The molecule has 0 saturated carbocycles. The van der Waals surface area contributed by atoms with E-state index in [4.69, 9.17) is 5.73 Å². The lowest BCUT2D eigenvalue weighted by Crippen LogP contribution is -2.05. The monoisotopic (exact) mass is 281 g/mol. The van der Waals surface area contributed by atoms with Crippen molar-refractivity contribution in [3.8, 4) is 0 Å². The van der Waals surface area contributed by atoms with Crippen LogP contribution in [0.3, 0.4) is 0 Å². The lowest BCUT2D eigenvalue weighted by atomic mass is 10.1. The van der Waals surface area contributed by atoms with Gasteiger partial charge in [0.1, 0.15) is 5.82 Å². The number of aromatic nitrogens is 3. The number of pyridine rings is 1. The summed E-state index contributed by atoms with van der Waals surface area (Å²) in [6, 6.07) is 6.03. The molecule has 21 heavy (non-hydrogen) atoms. The molecule has 1 aromatic carbocycles. The number of H-pyrrole nitrogens is 1. The fraction of sp³-hybridized carbons (Fsp3) is 0.250.